The van der Waals surface area contributed by atoms with Gasteiger partial charge in [-0.05, 0) is 17.0 Å². The van der Waals surface area contributed by atoms with Crippen molar-refractivity contribution in [3.8, 4) is 22.4 Å². The zero-order valence-corrected chi connectivity index (χ0v) is 13.9. The molecule has 0 saturated heterocycles. The summed E-state index contributed by atoms with van der Waals surface area (Å²) in [4.78, 5) is 18.3. The van der Waals surface area contributed by atoms with Crippen molar-refractivity contribution in [1.82, 2.24) is 4.73 Å². The molecule has 4 rings (SSSR count). The van der Waals surface area contributed by atoms with Crippen LogP contribution in [0.4, 0.5) is 0 Å². The third-order valence-corrected chi connectivity index (χ3v) is 4.97. The van der Waals surface area contributed by atoms with Gasteiger partial charge < -0.3 is 4.84 Å². The van der Waals surface area contributed by atoms with E-state index >= 15 is 0 Å². The van der Waals surface area contributed by atoms with Gasteiger partial charge in [0.2, 0.25) is 0 Å². The lowest BCUT2D eigenvalue weighted by atomic mass is 9.98. The molecule has 2 heterocycles. The molecular weight excluding hydrogens is 318 g/mol. The first-order valence-corrected chi connectivity index (χ1v) is 8.51. The molecule has 4 heteroatoms. The van der Waals surface area contributed by atoms with Crippen molar-refractivity contribution in [3.05, 3.63) is 82.5 Å². The van der Waals surface area contributed by atoms with Crippen LogP contribution in [0, 0.1) is 0 Å². The molecule has 118 valence electrons. The Balaban J connectivity index is 2.22. The van der Waals surface area contributed by atoms with Crippen LogP contribution in [0.15, 0.2) is 76.9 Å². The van der Waals surface area contributed by atoms with E-state index in [4.69, 9.17) is 4.84 Å². The van der Waals surface area contributed by atoms with Crippen LogP contribution in [0.25, 0.3) is 32.5 Å². The van der Waals surface area contributed by atoms with E-state index in [9.17, 15) is 4.79 Å². The average Bonchev–Trinajstić information content (AvgIpc) is 3.13. The molecule has 2 aromatic heterocycles. The number of hydrogen-bond donors (Lipinski definition) is 0. The fraction of sp³-hybridized carbons (Fsp3) is 0.0500. The van der Waals surface area contributed by atoms with Crippen LogP contribution in [0.3, 0.4) is 0 Å². The number of thiophene rings is 1. The number of benzene rings is 2. The predicted molar refractivity (Wildman–Crippen MR) is 99.5 cm³/mol. The fourth-order valence-corrected chi connectivity index (χ4v) is 3.95. The van der Waals surface area contributed by atoms with E-state index in [1.165, 1.54) is 11.8 Å². The van der Waals surface area contributed by atoms with Gasteiger partial charge in [-0.2, -0.15) is 0 Å². The summed E-state index contributed by atoms with van der Waals surface area (Å²) in [5.41, 5.74) is 3.69. The van der Waals surface area contributed by atoms with Gasteiger partial charge in [0, 0.05) is 15.8 Å². The Labute approximate surface area is 143 Å². The molecule has 0 aliphatic carbocycles. The van der Waals surface area contributed by atoms with Crippen LogP contribution in [0.5, 0.6) is 0 Å². The standard InChI is InChI=1S/C20H15NO2S/c1-23-21-18(15-10-6-3-7-11-15)17(14-8-4-2-5-9-14)19-16(20(21)22)12-13-24-19/h2-13H,1H3. The Hall–Kier alpha value is -2.85. The van der Waals surface area contributed by atoms with Crippen LogP contribution in [-0.4, -0.2) is 11.8 Å². The Morgan fingerprint density at radius 1 is 0.875 bits per heavy atom. The largest absolute Gasteiger partial charge is 0.413 e. The molecule has 0 aliphatic rings. The molecule has 0 bridgehead atoms. The molecule has 0 aliphatic heterocycles. The van der Waals surface area contributed by atoms with Gasteiger partial charge in [-0.1, -0.05) is 60.7 Å². The molecule has 3 nitrogen and oxygen atoms in total. The maximum Gasteiger partial charge on any atom is 0.292 e. The van der Waals surface area contributed by atoms with E-state index in [2.05, 4.69) is 12.1 Å². The van der Waals surface area contributed by atoms with E-state index in [-0.39, 0.29) is 5.56 Å². The highest BCUT2D eigenvalue weighted by Gasteiger charge is 2.20. The number of aromatic nitrogens is 1. The van der Waals surface area contributed by atoms with Crippen LogP contribution >= 0.6 is 11.3 Å². The van der Waals surface area contributed by atoms with Crippen molar-refractivity contribution in [1.29, 1.82) is 0 Å². The smallest absolute Gasteiger partial charge is 0.292 e. The molecule has 0 radical (unpaired) electrons. The van der Waals surface area contributed by atoms with Crippen molar-refractivity contribution in [2.24, 2.45) is 0 Å². The summed E-state index contributed by atoms with van der Waals surface area (Å²) >= 11 is 1.58. The maximum atomic E-state index is 12.8. The first-order chi connectivity index (χ1) is 11.8. The Morgan fingerprint density at radius 3 is 2.12 bits per heavy atom. The number of hydrogen-bond acceptors (Lipinski definition) is 3. The number of nitrogens with zero attached hydrogens (tertiary/aromatic N) is 1. The maximum absolute atomic E-state index is 12.8. The highest BCUT2D eigenvalue weighted by molar-refractivity contribution is 7.17. The summed E-state index contributed by atoms with van der Waals surface area (Å²) in [7, 11) is 1.53. The minimum absolute atomic E-state index is 0.132. The van der Waals surface area contributed by atoms with Crippen molar-refractivity contribution < 1.29 is 4.84 Å². The normalized spacial score (nSPS) is 10.9. The second-order valence-corrected chi connectivity index (χ2v) is 6.32. The van der Waals surface area contributed by atoms with Crippen molar-refractivity contribution in [3.63, 3.8) is 0 Å². The van der Waals surface area contributed by atoms with E-state index in [1.807, 2.05) is 60.0 Å². The van der Waals surface area contributed by atoms with Crippen molar-refractivity contribution >= 4 is 21.4 Å². The first-order valence-electron chi connectivity index (χ1n) is 7.63. The van der Waals surface area contributed by atoms with Gasteiger partial charge >= 0.3 is 0 Å². The average molecular weight is 333 g/mol. The summed E-state index contributed by atoms with van der Waals surface area (Å²) in [6.45, 7) is 0. The molecule has 0 unspecified atom stereocenters. The minimum Gasteiger partial charge on any atom is -0.413 e. The number of rotatable bonds is 3. The van der Waals surface area contributed by atoms with E-state index in [1.54, 1.807) is 11.3 Å². The monoisotopic (exact) mass is 333 g/mol. The number of fused-ring (bicyclic) bond motifs is 1. The van der Waals surface area contributed by atoms with Crippen LogP contribution in [0.2, 0.25) is 0 Å². The van der Waals surface area contributed by atoms with Crippen molar-refractivity contribution in [2.45, 2.75) is 0 Å². The molecule has 2 aromatic carbocycles. The van der Waals surface area contributed by atoms with Gasteiger partial charge in [0.15, 0.2) is 0 Å². The lowest BCUT2D eigenvalue weighted by Crippen LogP contribution is -2.27. The summed E-state index contributed by atoms with van der Waals surface area (Å²) < 4.78 is 2.38. The van der Waals surface area contributed by atoms with E-state index in [0.29, 0.717) is 5.39 Å². The fourth-order valence-electron chi connectivity index (χ4n) is 3.00. The van der Waals surface area contributed by atoms with Gasteiger partial charge in [0.1, 0.15) is 12.8 Å². The number of pyridine rings is 1. The second kappa shape index (κ2) is 5.98. The molecule has 0 N–H and O–H groups in total. The van der Waals surface area contributed by atoms with Gasteiger partial charge in [-0.25, -0.2) is 0 Å². The SMILES string of the molecule is COn1c(-c2ccccc2)c(-c2ccccc2)c2sccc2c1=O. The zero-order chi connectivity index (χ0) is 16.5. The Morgan fingerprint density at radius 2 is 1.50 bits per heavy atom. The highest BCUT2D eigenvalue weighted by atomic mass is 32.1. The first kappa shape index (κ1) is 14.7. The molecule has 0 amide bonds. The topological polar surface area (TPSA) is 31.2 Å². The molecule has 0 fully saturated rings. The van der Waals surface area contributed by atoms with Gasteiger partial charge in [0.05, 0.1) is 5.39 Å². The lowest BCUT2D eigenvalue weighted by Gasteiger charge is -2.17. The second-order valence-electron chi connectivity index (χ2n) is 5.40. The molecule has 0 atom stereocenters. The van der Waals surface area contributed by atoms with Gasteiger partial charge in [0.25, 0.3) is 5.56 Å². The van der Waals surface area contributed by atoms with Crippen molar-refractivity contribution in [2.75, 3.05) is 7.11 Å². The third-order valence-electron chi connectivity index (χ3n) is 4.04. The lowest BCUT2D eigenvalue weighted by molar-refractivity contribution is 0.163. The van der Waals surface area contributed by atoms with Gasteiger partial charge in [-0.15, -0.1) is 16.1 Å². The summed E-state index contributed by atoms with van der Waals surface area (Å²) in [6.07, 6.45) is 0. The predicted octanol–water partition coefficient (Wildman–Crippen LogP) is 4.46. The Kier molecular flexibility index (Phi) is 3.67. The van der Waals surface area contributed by atoms with Crippen LogP contribution in [-0.2, 0) is 0 Å². The minimum atomic E-state index is -0.132. The quantitative estimate of drug-likeness (QED) is 0.554. The molecule has 0 saturated carbocycles. The Bertz CT molecular complexity index is 1050. The zero-order valence-electron chi connectivity index (χ0n) is 13.1. The third kappa shape index (κ3) is 2.23. The molecular formula is C20H15NO2S. The molecule has 0 spiro atoms. The summed E-state index contributed by atoms with van der Waals surface area (Å²) in [5, 5.41) is 2.63. The van der Waals surface area contributed by atoms with E-state index in [0.717, 1.165) is 27.1 Å². The summed E-state index contributed by atoms with van der Waals surface area (Å²) in [6, 6.07) is 21.9. The van der Waals surface area contributed by atoms with Crippen LogP contribution in [0.1, 0.15) is 0 Å². The van der Waals surface area contributed by atoms with Crippen LogP contribution < -0.4 is 10.4 Å². The van der Waals surface area contributed by atoms with Gasteiger partial charge in [-0.3, -0.25) is 4.79 Å². The molecule has 4 aromatic rings. The molecule has 24 heavy (non-hydrogen) atoms. The highest BCUT2D eigenvalue weighted by Crippen LogP contribution is 2.38. The van der Waals surface area contributed by atoms with E-state index < -0.39 is 0 Å². The summed E-state index contributed by atoms with van der Waals surface area (Å²) in [5.74, 6) is 0.